The summed E-state index contributed by atoms with van der Waals surface area (Å²) in [6.45, 7) is 14.3. The average Bonchev–Trinajstić information content (AvgIpc) is 3.23. The monoisotopic (exact) mass is 477 g/mol. The number of hydrogen-bond acceptors (Lipinski definition) is 5. The van der Waals surface area contributed by atoms with Crippen LogP contribution >= 0.6 is 0 Å². The molecular formula is C28H35N3O4. The highest BCUT2D eigenvalue weighted by molar-refractivity contribution is 5.98. The largest absolute Gasteiger partial charge is 0.479 e. The number of benzene rings is 2. The minimum Gasteiger partial charge on any atom is -0.479 e. The van der Waals surface area contributed by atoms with Crippen LogP contribution in [0.25, 0.3) is 5.69 Å². The third kappa shape index (κ3) is 6.50. The summed E-state index contributed by atoms with van der Waals surface area (Å²) < 4.78 is 7.55. The van der Waals surface area contributed by atoms with Crippen LogP contribution in [0.3, 0.4) is 0 Å². The van der Waals surface area contributed by atoms with E-state index in [4.69, 9.17) is 14.7 Å². The van der Waals surface area contributed by atoms with Crippen molar-refractivity contribution >= 4 is 11.7 Å². The average molecular weight is 478 g/mol. The predicted molar refractivity (Wildman–Crippen MR) is 138 cm³/mol. The molecule has 7 nitrogen and oxygen atoms in total. The van der Waals surface area contributed by atoms with Crippen molar-refractivity contribution in [3.05, 3.63) is 76.6 Å². The predicted octanol–water partition coefficient (Wildman–Crippen LogP) is 5.97. The lowest BCUT2D eigenvalue weighted by atomic mass is 9.92. The lowest BCUT2D eigenvalue weighted by Gasteiger charge is -2.15. The summed E-state index contributed by atoms with van der Waals surface area (Å²) in [7, 11) is 0. The number of aliphatic carboxylic acids is 1. The molecule has 1 aromatic heterocycles. The van der Waals surface area contributed by atoms with E-state index in [0.717, 1.165) is 28.2 Å². The number of aromatic nitrogens is 2. The van der Waals surface area contributed by atoms with E-state index >= 15 is 0 Å². The number of nitrogens with zero attached hydrogens (tertiary/aromatic N) is 3. The zero-order chi connectivity index (χ0) is 25.8. The molecule has 0 amide bonds. The maximum atomic E-state index is 11.3. The number of carbonyl (C=O) groups is 1. The topological polar surface area (TPSA) is 85.9 Å². The maximum Gasteiger partial charge on any atom is 0.344 e. The maximum absolute atomic E-state index is 11.3. The van der Waals surface area contributed by atoms with Gasteiger partial charge in [-0.05, 0) is 74.7 Å². The van der Waals surface area contributed by atoms with Gasteiger partial charge >= 0.3 is 5.97 Å². The van der Waals surface area contributed by atoms with Crippen molar-refractivity contribution in [2.75, 3.05) is 0 Å². The molecule has 0 bridgehead atoms. The quantitative estimate of drug-likeness (QED) is 0.303. The second-order valence-electron chi connectivity index (χ2n) is 9.80. The van der Waals surface area contributed by atoms with Gasteiger partial charge in [0.05, 0.1) is 22.8 Å². The van der Waals surface area contributed by atoms with Crippen molar-refractivity contribution in [1.29, 1.82) is 0 Å². The van der Waals surface area contributed by atoms with Gasteiger partial charge < -0.3 is 14.7 Å². The molecule has 0 saturated heterocycles. The molecule has 1 heterocycles. The van der Waals surface area contributed by atoms with Crippen molar-refractivity contribution in [3.63, 3.8) is 0 Å². The first-order valence-electron chi connectivity index (χ1n) is 11.8. The first-order valence-corrected chi connectivity index (χ1v) is 11.8. The van der Waals surface area contributed by atoms with Gasteiger partial charge in [-0.3, -0.25) is 0 Å². The van der Waals surface area contributed by atoms with E-state index in [1.807, 2.05) is 42.8 Å². The van der Waals surface area contributed by atoms with Crippen molar-refractivity contribution < 1.29 is 19.5 Å². The van der Waals surface area contributed by atoms with E-state index < -0.39 is 12.1 Å². The summed E-state index contributed by atoms with van der Waals surface area (Å²) in [6.07, 6.45) is -0.477. The SMILES string of the molecule is CCC(Oc1ccc(/C(C)=N\OCc2cc(C(C)(C)C)nn2-c2ccc(C)cc2)cc1C)C(=O)O. The smallest absolute Gasteiger partial charge is 0.344 e. The number of rotatable bonds is 9. The van der Waals surface area contributed by atoms with Crippen LogP contribution < -0.4 is 4.74 Å². The van der Waals surface area contributed by atoms with Crippen molar-refractivity contribution in [3.8, 4) is 11.4 Å². The van der Waals surface area contributed by atoms with E-state index in [1.165, 1.54) is 5.56 Å². The second kappa shape index (κ2) is 10.8. The van der Waals surface area contributed by atoms with Crippen molar-refractivity contribution in [1.82, 2.24) is 9.78 Å². The minimum atomic E-state index is -0.971. The van der Waals surface area contributed by atoms with Gasteiger partial charge in [0.2, 0.25) is 0 Å². The van der Waals surface area contributed by atoms with Crippen LogP contribution in [0.5, 0.6) is 5.75 Å². The van der Waals surface area contributed by atoms with Gasteiger partial charge in [-0.1, -0.05) is 50.5 Å². The summed E-state index contributed by atoms with van der Waals surface area (Å²) in [4.78, 5) is 17.0. The highest BCUT2D eigenvalue weighted by Gasteiger charge is 2.21. The molecule has 0 radical (unpaired) electrons. The third-order valence-electron chi connectivity index (χ3n) is 5.75. The van der Waals surface area contributed by atoms with Crippen LogP contribution in [0.15, 0.2) is 53.7 Å². The summed E-state index contributed by atoms with van der Waals surface area (Å²) in [6, 6.07) is 15.8. The van der Waals surface area contributed by atoms with Crippen LogP contribution in [0.1, 0.15) is 69.1 Å². The first kappa shape index (κ1) is 26.0. The number of oxime groups is 1. The molecular weight excluding hydrogens is 442 g/mol. The molecule has 0 saturated carbocycles. The zero-order valence-electron chi connectivity index (χ0n) is 21.6. The molecule has 0 fully saturated rings. The Balaban J connectivity index is 1.77. The fraction of sp³-hybridized carbons (Fsp3) is 0.393. The molecule has 1 atom stereocenters. The van der Waals surface area contributed by atoms with E-state index in [-0.39, 0.29) is 12.0 Å². The van der Waals surface area contributed by atoms with E-state index in [9.17, 15) is 9.90 Å². The molecule has 3 aromatic rings. The standard InChI is InChI=1S/C28H35N3O4/c1-8-24(27(32)33)35-25-14-11-21(15-19(25)3)20(4)30-34-17-23-16-26(28(5,6)7)29-31(23)22-12-9-18(2)10-13-22/h9-16,24H,8,17H2,1-7H3,(H,32,33)/b30-20-. The van der Waals surface area contributed by atoms with Crippen LogP contribution in [-0.2, 0) is 21.7 Å². The molecule has 0 aliphatic rings. The molecule has 0 aliphatic carbocycles. The Hall–Kier alpha value is -3.61. The zero-order valence-corrected chi connectivity index (χ0v) is 21.6. The Bertz CT molecular complexity index is 1200. The van der Waals surface area contributed by atoms with Gasteiger partial charge in [-0.25, -0.2) is 9.48 Å². The minimum absolute atomic E-state index is 0.0946. The molecule has 0 aliphatic heterocycles. The lowest BCUT2D eigenvalue weighted by molar-refractivity contribution is -0.145. The Morgan fingerprint density at radius 1 is 1.11 bits per heavy atom. The molecule has 0 spiro atoms. The Morgan fingerprint density at radius 3 is 2.37 bits per heavy atom. The van der Waals surface area contributed by atoms with E-state index in [2.05, 4.69) is 51.0 Å². The number of aryl methyl sites for hydroxylation is 2. The van der Waals surface area contributed by atoms with Crippen LogP contribution in [-0.4, -0.2) is 32.7 Å². The summed E-state index contributed by atoms with van der Waals surface area (Å²) in [5, 5.41) is 18.4. The number of carboxylic acid groups (broad SMARTS) is 1. The fourth-order valence-corrected chi connectivity index (χ4v) is 3.51. The fourth-order valence-electron chi connectivity index (χ4n) is 3.51. The van der Waals surface area contributed by atoms with Gasteiger partial charge in [-0.15, -0.1) is 0 Å². The molecule has 1 unspecified atom stereocenters. The molecule has 7 heteroatoms. The van der Waals surface area contributed by atoms with Gasteiger partial charge in [0.1, 0.15) is 5.75 Å². The van der Waals surface area contributed by atoms with Gasteiger partial charge in [0.25, 0.3) is 0 Å². The van der Waals surface area contributed by atoms with Crippen molar-refractivity contribution in [2.45, 2.75) is 73.0 Å². The molecule has 2 aromatic carbocycles. The highest BCUT2D eigenvalue weighted by atomic mass is 16.6. The summed E-state index contributed by atoms with van der Waals surface area (Å²) in [5.74, 6) is -0.421. The van der Waals surface area contributed by atoms with Gasteiger partial charge in [0, 0.05) is 5.41 Å². The van der Waals surface area contributed by atoms with Crippen molar-refractivity contribution in [2.24, 2.45) is 5.16 Å². The van der Waals surface area contributed by atoms with Crippen LogP contribution in [0.2, 0.25) is 0 Å². The summed E-state index contributed by atoms with van der Waals surface area (Å²) in [5.41, 5.74) is 6.39. The van der Waals surface area contributed by atoms with Crippen LogP contribution in [0, 0.1) is 13.8 Å². The van der Waals surface area contributed by atoms with E-state index in [0.29, 0.717) is 17.9 Å². The first-order chi connectivity index (χ1) is 16.5. The molecule has 186 valence electrons. The number of ether oxygens (including phenoxy) is 1. The Labute approximate surface area is 207 Å². The Kier molecular flexibility index (Phi) is 7.99. The second-order valence-corrected chi connectivity index (χ2v) is 9.80. The molecule has 35 heavy (non-hydrogen) atoms. The molecule has 3 rings (SSSR count). The Morgan fingerprint density at radius 2 is 1.80 bits per heavy atom. The van der Waals surface area contributed by atoms with Gasteiger partial charge in [0.15, 0.2) is 12.7 Å². The normalized spacial score (nSPS) is 12.9. The summed E-state index contributed by atoms with van der Waals surface area (Å²) >= 11 is 0. The lowest BCUT2D eigenvalue weighted by Crippen LogP contribution is -2.26. The third-order valence-corrected chi connectivity index (χ3v) is 5.75. The van der Waals surface area contributed by atoms with E-state index in [1.54, 1.807) is 13.0 Å². The number of carboxylic acids is 1. The van der Waals surface area contributed by atoms with Crippen LogP contribution in [0.4, 0.5) is 0 Å². The molecule has 1 N–H and O–H groups in total. The number of hydrogen-bond donors (Lipinski definition) is 1. The van der Waals surface area contributed by atoms with Gasteiger partial charge in [-0.2, -0.15) is 5.10 Å². The highest BCUT2D eigenvalue weighted by Crippen LogP contribution is 2.25.